The SMILES string of the molecule is CC[Si](CC)(CC)Cc1cccc(C[Si](CC)(CC)CC)c1-c1cc(OC)ccn1. The summed E-state index contributed by atoms with van der Waals surface area (Å²) >= 11 is 0. The fraction of sp³-hybridized carbons (Fsp3) is 0.577. The standard InChI is InChI=1S/C26H43NOSi2/c1-8-29(9-2,10-3)20-22-15-14-16-23(21-30(11-4,12-5)13-6)26(22)25-19-24(28-7)17-18-27-25/h14-19H,8-13,20-21H2,1-7H3. The summed E-state index contributed by atoms with van der Waals surface area (Å²) in [5.74, 6) is 0.899. The second kappa shape index (κ2) is 11.3. The molecule has 0 saturated heterocycles. The summed E-state index contributed by atoms with van der Waals surface area (Å²) in [5.41, 5.74) is 5.56. The molecule has 1 aromatic heterocycles. The predicted octanol–water partition coefficient (Wildman–Crippen LogP) is 7.94. The number of methoxy groups -OCH3 is 1. The zero-order chi connectivity index (χ0) is 22.2. The molecule has 0 N–H and O–H groups in total. The zero-order valence-corrected chi connectivity index (χ0v) is 22.5. The monoisotopic (exact) mass is 441 g/mol. The van der Waals surface area contributed by atoms with Crippen LogP contribution in [0.15, 0.2) is 36.5 Å². The quantitative estimate of drug-likeness (QED) is 0.312. The molecule has 0 atom stereocenters. The van der Waals surface area contributed by atoms with E-state index in [-0.39, 0.29) is 0 Å². The van der Waals surface area contributed by atoms with Gasteiger partial charge >= 0.3 is 0 Å². The maximum Gasteiger partial charge on any atom is 0.122 e. The van der Waals surface area contributed by atoms with E-state index < -0.39 is 16.1 Å². The van der Waals surface area contributed by atoms with Gasteiger partial charge in [-0.2, -0.15) is 0 Å². The van der Waals surface area contributed by atoms with Crippen molar-refractivity contribution in [3.05, 3.63) is 47.7 Å². The van der Waals surface area contributed by atoms with Crippen LogP contribution in [-0.4, -0.2) is 28.2 Å². The largest absolute Gasteiger partial charge is 0.497 e. The Morgan fingerprint density at radius 3 is 1.60 bits per heavy atom. The lowest BCUT2D eigenvalue weighted by Crippen LogP contribution is -2.36. The van der Waals surface area contributed by atoms with Crippen LogP contribution in [0.3, 0.4) is 0 Å². The third kappa shape index (κ3) is 5.44. The third-order valence-corrected chi connectivity index (χ3v) is 19.4. The molecular weight excluding hydrogens is 398 g/mol. The van der Waals surface area contributed by atoms with E-state index in [9.17, 15) is 0 Å². The second-order valence-corrected chi connectivity index (χ2v) is 20.0. The van der Waals surface area contributed by atoms with Gasteiger partial charge in [-0.15, -0.1) is 0 Å². The van der Waals surface area contributed by atoms with E-state index in [1.54, 1.807) is 7.11 Å². The first kappa shape index (κ1) is 24.9. The molecule has 1 heterocycles. The number of hydrogen-bond acceptors (Lipinski definition) is 2. The van der Waals surface area contributed by atoms with Crippen LogP contribution >= 0.6 is 0 Å². The van der Waals surface area contributed by atoms with E-state index in [0.717, 1.165) is 11.4 Å². The van der Waals surface area contributed by atoms with Gasteiger partial charge in [0.1, 0.15) is 5.75 Å². The Kier molecular flexibility index (Phi) is 9.36. The van der Waals surface area contributed by atoms with Crippen molar-refractivity contribution in [3.63, 3.8) is 0 Å². The highest BCUT2D eigenvalue weighted by Gasteiger charge is 2.31. The Hall–Kier alpha value is -1.40. The number of rotatable bonds is 12. The summed E-state index contributed by atoms with van der Waals surface area (Å²) in [5, 5.41) is 0. The van der Waals surface area contributed by atoms with Crippen LogP contribution < -0.4 is 4.74 Å². The van der Waals surface area contributed by atoms with Gasteiger partial charge in [0.25, 0.3) is 0 Å². The van der Waals surface area contributed by atoms with Crippen molar-refractivity contribution in [2.24, 2.45) is 0 Å². The highest BCUT2D eigenvalue weighted by Crippen LogP contribution is 2.36. The summed E-state index contributed by atoms with van der Waals surface area (Å²) in [6, 6.07) is 21.8. The Morgan fingerprint density at radius 2 is 1.20 bits per heavy atom. The molecule has 0 saturated carbocycles. The molecule has 4 heteroatoms. The zero-order valence-electron chi connectivity index (χ0n) is 20.5. The summed E-state index contributed by atoms with van der Waals surface area (Å²) in [7, 11) is -0.849. The fourth-order valence-corrected chi connectivity index (χ4v) is 11.7. The molecule has 0 amide bonds. The lowest BCUT2D eigenvalue weighted by Gasteiger charge is -2.32. The Labute approximate surface area is 187 Å². The molecular formula is C26H43NOSi2. The van der Waals surface area contributed by atoms with Crippen molar-refractivity contribution in [2.75, 3.05) is 7.11 Å². The van der Waals surface area contributed by atoms with E-state index in [1.807, 2.05) is 12.3 Å². The van der Waals surface area contributed by atoms with E-state index in [0.29, 0.717) is 0 Å². The first-order valence-electron chi connectivity index (χ1n) is 12.1. The van der Waals surface area contributed by atoms with Crippen LogP contribution in [0, 0.1) is 0 Å². The van der Waals surface area contributed by atoms with Crippen molar-refractivity contribution >= 4 is 16.1 Å². The van der Waals surface area contributed by atoms with Gasteiger partial charge in [0.15, 0.2) is 0 Å². The van der Waals surface area contributed by atoms with E-state index in [2.05, 4.69) is 65.8 Å². The molecule has 0 spiro atoms. The highest BCUT2D eigenvalue weighted by molar-refractivity contribution is 6.79. The highest BCUT2D eigenvalue weighted by atomic mass is 28.3. The van der Waals surface area contributed by atoms with Gasteiger partial charge in [-0.25, -0.2) is 0 Å². The molecule has 30 heavy (non-hydrogen) atoms. The normalized spacial score (nSPS) is 12.2. The van der Waals surface area contributed by atoms with Crippen LogP contribution in [0.25, 0.3) is 11.3 Å². The third-order valence-electron chi connectivity index (χ3n) is 8.09. The summed E-state index contributed by atoms with van der Waals surface area (Å²) < 4.78 is 5.56. The summed E-state index contributed by atoms with van der Waals surface area (Å²) in [4.78, 5) is 4.84. The Balaban J connectivity index is 2.68. The van der Waals surface area contributed by atoms with Crippen LogP contribution in [0.5, 0.6) is 5.75 Å². The summed E-state index contributed by atoms with van der Waals surface area (Å²) in [6.07, 6.45) is 1.91. The van der Waals surface area contributed by atoms with Crippen molar-refractivity contribution in [2.45, 2.75) is 89.9 Å². The van der Waals surface area contributed by atoms with E-state index >= 15 is 0 Å². The lowest BCUT2D eigenvalue weighted by molar-refractivity contribution is 0.414. The van der Waals surface area contributed by atoms with Crippen LogP contribution in [0.1, 0.15) is 52.7 Å². The van der Waals surface area contributed by atoms with Gasteiger partial charge in [-0.3, -0.25) is 4.98 Å². The molecule has 0 fully saturated rings. The lowest BCUT2D eigenvalue weighted by atomic mass is 9.99. The molecule has 1 aromatic carbocycles. The number of aromatic nitrogens is 1. The van der Waals surface area contributed by atoms with Gasteiger partial charge in [-0.1, -0.05) is 96.0 Å². The molecule has 0 bridgehead atoms. The van der Waals surface area contributed by atoms with E-state index in [1.165, 1.54) is 65.0 Å². The number of pyridine rings is 1. The van der Waals surface area contributed by atoms with Gasteiger partial charge in [0, 0.05) is 17.8 Å². The van der Waals surface area contributed by atoms with Crippen molar-refractivity contribution in [3.8, 4) is 17.0 Å². The van der Waals surface area contributed by atoms with Crippen molar-refractivity contribution in [1.29, 1.82) is 0 Å². The van der Waals surface area contributed by atoms with Gasteiger partial charge in [0.2, 0.25) is 0 Å². The molecule has 0 aliphatic heterocycles. The number of nitrogens with zero attached hydrogens (tertiary/aromatic N) is 1. The average molecular weight is 442 g/mol. The maximum absolute atomic E-state index is 5.56. The summed E-state index contributed by atoms with van der Waals surface area (Å²) in [6.45, 7) is 14.5. The number of ether oxygens (including phenoxy) is 1. The Bertz CT molecular complexity index is 741. The average Bonchev–Trinajstić information content (AvgIpc) is 2.81. The van der Waals surface area contributed by atoms with Crippen LogP contribution in [0.4, 0.5) is 0 Å². The topological polar surface area (TPSA) is 22.1 Å². The van der Waals surface area contributed by atoms with E-state index in [4.69, 9.17) is 9.72 Å². The minimum absolute atomic E-state index is 0.899. The first-order valence-corrected chi connectivity index (χ1v) is 17.7. The molecule has 2 rings (SSSR count). The second-order valence-electron chi connectivity index (χ2n) is 9.01. The first-order chi connectivity index (χ1) is 14.5. The predicted molar refractivity (Wildman–Crippen MR) is 138 cm³/mol. The van der Waals surface area contributed by atoms with Gasteiger partial charge in [-0.05, 0) is 29.3 Å². The van der Waals surface area contributed by atoms with Crippen molar-refractivity contribution in [1.82, 2.24) is 4.98 Å². The van der Waals surface area contributed by atoms with Crippen LogP contribution in [-0.2, 0) is 12.1 Å². The van der Waals surface area contributed by atoms with Gasteiger partial charge in [0.05, 0.1) is 29.0 Å². The molecule has 0 radical (unpaired) electrons. The molecule has 166 valence electrons. The smallest absolute Gasteiger partial charge is 0.122 e. The minimum Gasteiger partial charge on any atom is -0.497 e. The van der Waals surface area contributed by atoms with Crippen LogP contribution in [0.2, 0.25) is 36.3 Å². The molecule has 2 aromatic rings. The number of benzene rings is 1. The maximum atomic E-state index is 5.56. The molecule has 0 unspecified atom stereocenters. The minimum atomic E-state index is -1.30. The Morgan fingerprint density at radius 1 is 0.733 bits per heavy atom. The number of hydrogen-bond donors (Lipinski definition) is 0. The van der Waals surface area contributed by atoms with Gasteiger partial charge < -0.3 is 4.74 Å². The molecule has 0 aliphatic rings. The molecule has 0 aliphatic carbocycles. The van der Waals surface area contributed by atoms with Crippen molar-refractivity contribution < 1.29 is 4.74 Å². The fourth-order valence-electron chi connectivity index (χ4n) is 5.01. The molecule has 2 nitrogen and oxygen atoms in total.